The van der Waals surface area contributed by atoms with Gasteiger partial charge in [0.25, 0.3) is 0 Å². The minimum absolute atomic E-state index is 0.213. The summed E-state index contributed by atoms with van der Waals surface area (Å²) in [6, 6.07) is 0. The van der Waals surface area contributed by atoms with E-state index in [9.17, 15) is 0 Å². The average Bonchev–Trinajstić information content (AvgIpc) is 2.24. The van der Waals surface area contributed by atoms with E-state index in [-0.39, 0.29) is 12.4 Å². The number of rotatable bonds is 8. The lowest BCUT2D eigenvalue weighted by atomic mass is 10.2. The maximum absolute atomic E-state index is 5.22. The summed E-state index contributed by atoms with van der Waals surface area (Å²) >= 11 is 0. The molecule has 1 atom stereocenters. The van der Waals surface area contributed by atoms with Crippen molar-refractivity contribution in [2.75, 3.05) is 35.5 Å². The molecule has 0 aromatic carbocycles. The van der Waals surface area contributed by atoms with Crippen molar-refractivity contribution in [3.05, 3.63) is 0 Å². The number of hydrogen-bond acceptors (Lipinski definition) is 5. The Bertz CT molecular complexity index is 122. The highest BCUT2D eigenvalue weighted by Crippen LogP contribution is 2.12. The van der Waals surface area contributed by atoms with Crippen LogP contribution >= 0.6 is 0 Å². The normalized spacial score (nSPS) is 13.9. The van der Waals surface area contributed by atoms with Crippen LogP contribution in [0.3, 0.4) is 0 Å². The summed E-state index contributed by atoms with van der Waals surface area (Å²) < 4.78 is 25.5. The monoisotopic (exact) mass is 208 g/mol. The molecule has 0 aliphatic carbocycles. The van der Waals surface area contributed by atoms with Gasteiger partial charge in [-0.1, -0.05) is 0 Å². The number of ether oxygens (including phenoxy) is 5. The van der Waals surface area contributed by atoms with Crippen LogP contribution in [0.15, 0.2) is 0 Å². The smallest absolute Gasteiger partial charge is 0.183 e. The first-order valence-corrected chi connectivity index (χ1v) is 4.37. The summed E-state index contributed by atoms with van der Waals surface area (Å²) in [6.07, 6.45) is -0.383. The number of methoxy groups -OCH3 is 5. The summed E-state index contributed by atoms with van der Waals surface area (Å²) in [5.74, 6) is 0. The molecule has 14 heavy (non-hydrogen) atoms. The second-order valence-corrected chi connectivity index (χ2v) is 2.75. The van der Waals surface area contributed by atoms with Crippen LogP contribution in [0.4, 0.5) is 0 Å². The van der Waals surface area contributed by atoms with Gasteiger partial charge in [-0.3, -0.25) is 0 Å². The van der Waals surface area contributed by atoms with Crippen molar-refractivity contribution >= 4 is 0 Å². The number of hydrogen-bond donors (Lipinski definition) is 0. The van der Waals surface area contributed by atoms with E-state index in [0.29, 0.717) is 6.42 Å². The highest BCUT2D eigenvalue weighted by Gasteiger charge is 2.24. The zero-order chi connectivity index (χ0) is 11.0. The summed E-state index contributed by atoms with van der Waals surface area (Å²) in [5.41, 5.74) is 0. The van der Waals surface area contributed by atoms with Crippen LogP contribution in [-0.2, 0) is 23.7 Å². The fourth-order valence-electron chi connectivity index (χ4n) is 1.20. The Morgan fingerprint density at radius 1 is 0.714 bits per heavy atom. The third kappa shape index (κ3) is 4.34. The van der Waals surface area contributed by atoms with Gasteiger partial charge in [0.2, 0.25) is 0 Å². The minimum Gasteiger partial charge on any atom is -0.376 e. The molecule has 0 heterocycles. The fourth-order valence-corrected chi connectivity index (χ4v) is 1.20. The lowest BCUT2D eigenvalue weighted by molar-refractivity contribution is -0.201. The predicted octanol–water partition coefficient (Wildman–Crippen LogP) is 0.629. The first kappa shape index (κ1) is 13.8. The van der Waals surface area contributed by atoms with Crippen LogP contribution in [0.25, 0.3) is 0 Å². The second kappa shape index (κ2) is 8.14. The molecule has 0 rings (SSSR count). The van der Waals surface area contributed by atoms with E-state index in [0.717, 1.165) is 0 Å². The molecule has 0 aromatic rings. The zero-order valence-electron chi connectivity index (χ0n) is 9.48. The molecule has 0 spiro atoms. The topological polar surface area (TPSA) is 46.2 Å². The van der Waals surface area contributed by atoms with Crippen molar-refractivity contribution in [2.24, 2.45) is 0 Å². The fraction of sp³-hybridized carbons (Fsp3) is 1.00. The van der Waals surface area contributed by atoms with E-state index in [2.05, 4.69) is 0 Å². The maximum atomic E-state index is 5.22. The van der Waals surface area contributed by atoms with E-state index in [4.69, 9.17) is 23.7 Å². The summed E-state index contributed by atoms with van der Waals surface area (Å²) in [6.45, 7) is 0. The van der Waals surface area contributed by atoms with Crippen LogP contribution < -0.4 is 0 Å². The average molecular weight is 208 g/mol. The van der Waals surface area contributed by atoms with Gasteiger partial charge in [-0.2, -0.15) is 0 Å². The Morgan fingerprint density at radius 3 is 1.50 bits per heavy atom. The molecule has 0 fully saturated rings. The minimum atomic E-state index is -0.409. The third-order valence-electron chi connectivity index (χ3n) is 2.02. The van der Waals surface area contributed by atoms with Gasteiger partial charge in [-0.05, 0) is 0 Å². The zero-order valence-corrected chi connectivity index (χ0v) is 9.48. The lowest BCUT2D eigenvalue weighted by Crippen LogP contribution is -2.35. The maximum Gasteiger partial charge on any atom is 0.183 e. The van der Waals surface area contributed by atoms with Crippen molar-refractivity contribution in [1.29, 1.82) is 0 Å². The van der Waals surface area contributed by atoms with Crippen LogP contribution in [0.1, 0.15) is 6.42 Å². The summed E-state index contributed by atoms with van der Waals surface area (Å²) in [5, 5.41) is 0. The molecule has 1 unspecified atom stereocenters. The SMILES string of the molecule is COC(CC(OC)C(OC)OC)OC. The lowest BCUT2D eigenvalue weighted by Gasteiger charge is -2.26. The van der Waals surface area contributed by atoms with Crippen LogP contribution in [0.2, 0.25) is 0 Å². The molecule has 0 amide bonds. The third-order valence-corrected chi connectivity index (χ3v) is 2.02. The molecular weight excluding hydrogens is 188 g/mol. The van der Waals surface area contributed by atoms with E-state index in [1.807, 2.05) is 0 Å². The second-order valence-electron chi connectivity index (χ2n) is 2.75. The van der Waals surface area contributed by atoms with Crippen molar-refractivity contribution in [3.63, 3.8) is 0 Å². The summed E-state index contributed by atoms with van der Waals surface area (Å²) in [4.78, 5) is 0. The molecule has 86 valence electrons. The van der Waals surface area contributed by atoms with Crippen LogP contribution in [0, 0.1) is 0 Å². The summed E-state index contributed by atoms with van der Waals surface area (Å²) in [7, 11) is 7.88. The molecule has 0 bridgehead atoms. The molecule has 0 aliphatic rings. The highest BCUT2D eigenvalue weighted by atomic mass is 16.7. The Labute approximate surface area is 85.2 Å². The first-order valence-electron chi connectivity index (χ1n) is 4.37. The van der Waals surface area contributed by atoms with Crippen molar-refractivity contribution in [2.45, 2.75) is 25.1 Å². The molecular formula is C9H20O5. The van der Waals surface area contributed by atoms with E-state index < -0.39 is 6.29 Å². The molecule has 0 saturated heterocycles. The van der Waals surface area contributed by atoms with Gasteiger partial charge in [0.1, 0.15) is 6.10 Å². The molecule has 5 heteroatoms. The van der Waals surface area contributed by atoms with Crippen molar-refractivity contribution in [1.82, 2.24) is 0 Å². The van der Waals surface area contributed by atoms with Gasteiger partial charge in [0.15, 0.2) is 12.6 Å². The van der Waals surface area contributed by atoms with Crippen molar-refractivity contribution < 1.29 is 23.7 Å². The predicted molar refractivity (Wildman–Crippen MR) is 51.0 cm³/mol. The molecule has 0 aromatic heterocycles. The van der Waals surface area contributed by atoms with E-state index in [1.54, 1.807) is 35.5 Å². The highest BCUT2D eigenvalue weighted by molar-refractivity contribution is 4.64. The van der Waals surface area contributed by atoms with Gasteiger partial charge in [-0.25, -0.2) is 0 Å². The van der Waals surface area contributed by atoms with Crippen LogP contribution in [-0.4, -0.2) is 54.2 Å². The Balaban J connectivity index is 4.10. The Hall–Kier alpha value is -0.200. The molecule has 0 aliphatic heterocycles. The Morgan fingerprint density at radius 2 is 1.21 bits per heavy atom. The quantitative estimate of drug-likeness (QED) is 0.547. The molecule has 0 radical (unpaired) electrons. The molecule has 5 nitrogen and oxygen atoms in total. The standard InChI is InChI=1S/C9H20O5/c1-10-7(9(13-4)14-5)6-8(11-2)12-3/h7-9H,6H2,1-5H3. The van der Waals surface area contributed by atoms with Crippen LogP contribution in [0.5, 0.6) is 0 Å². The molecule has 0 N–H and O–H groups in total. The van der Waals surface area contributed by atoms with Crippen molar-refractivity contribution in [3.8, 4) is 0 Å². The molecule has 0 saturated carbocycles. The van der Waals surface area contributed by atoms with Gasteiger partial charge in [0, 0.05) is 42.0 Å². The van der Waals surface area contributed by atoms with E-state index in [1.165, 1.54) is 0 Å². The van der Waals surface area contributed by atoms with E-state index >= 15 is 0 Å². The largest absolute Gasteiger partial charge is 0.376 e. The first-order chi connectivity index (χ1) is 6.73. The Kier molecular flexibility index (Phi) is 8.02. The van der Waals surface area contributed by atoms with Gasteiger partial charge >= 0.3 is 0 Å². The van der Waals surface area contributed by atoms with Gasteiger partial charge in [-0.15, -0.1) is 0 Å². The van der Waals surface area contributed by atoms with Gasteiger partial charge < -0.3 is 23.7 Å². The van der Waals surface area contributed by atoms with Gasteiger partial charge in [0.05, 0.1) is 0 Å².